The number of benzene rings is 1. The van der Waals surface area contributed by atoms with E-state index in [1.54, 1.807) is 31.5 Å². The molecule has 0 fully saturated rings. The topological polar surface area (TPSA) is 81.8 Å². The van der Waals surface area contributed by atoms with Crippen LogP contribution in [0.1, 0.15) is 11.1 Å². The third-order valence-corrected chi connectivity index (χ3v) is 2.50. The van der Waals surface area contributed by atoms with Crippen LogP contribution in [0.25, 0.3) is 6.08 Å². The highest BCUT2D eigenvalue weighted by atomic mass is 16.5. The van der Waals surface area contributed by atoms with Gasteiger partial charge < -0.3 is 19.1 Å². The van der Waals surface area contributed by atoms with Crippen LogP contribution in [0, 0.1) is 0 Å². The lowest BCUT2D eigenvalue weighted by Gasteiger charge is -2.10. The van der Waals surface area contributed by atoms with Gasteiger partial charge in [0.15, 0.2) is 0 Å². The molecule has 20 heavy (non-hydrogen) atoms. The number of carboxylic acid groups (broad SMARTS) is 1. The maximum absolute atomic E-state index is 10.6. The molecule has 0 aliphatic heterocycles. The molecule has 0 aliphatic rings. The molecule has 2 rings (SSSR count). The Morgan fingerprint density at radius 1 is 1.50 bits per heavy atom. The first-order valence-corrected chi connectivity index (χ1v) is 5.79. The van der Waals surface area contributed by atoms with Crippen LogP contribution in [0.4, 0.5) is 0 Å². The number of rotatable bonds is 6. The lowest BCUT2D eigenvalue weighted by Crippen LogP contribution is -1.97. The van der Waals surface area contributed by atoms with E-state index in [1.807, 2.05) is 0 Å². The highest BCUT2D eigenvalue weighted by Crippen LogP contribution is 2.26. The SMILES string of the molecule is COc1ccc(C=CC(=O)O)c(OCc2cnoc2)c1. The highest BCUT2D eigenvalue weighted by molar-refractivity contribution is 5.86. The van der Waals surface area contributed by atoms with E-state index < -0.39 is 5.97 Å². The van der Waals surface area contributed by atoms with Crippen molar-refractivity contribution >= 4 is 12.0 Å². The number of carbonyl (C=O) groups is 1. The number of aromatic nitrogens is 1. The minimum absolute atomic E-state index is 0.268. The lowest BCUT2D eigenvalue weighted by molar-refractivity contribution is -0.131. The van der Waals surface area contributed by atoms with E-state index in [4.69, 9.17) is 19.1 Å². The number of carboxylic acids is 1. The first kappa shape index (κ1) is 13.7. The van der Waals surface area contributed by atoms with Crippen molar-refractivity contribution in [2.24, 2.45) is 0 Å². The molecule has 6 heteroatoms. The number of hydrogen-bond donors (Lipinski definition) is 1. The van der Waals surface area contributed by atoms with Crippen molar-refractivity contribution in [2.75, 3.05) is 7.11 Å². The molecular weight excluding hydrogens is 262 g/mol. The van der Waals surface area contributed by atoms with Gasteiger partial charge in [0.2, 0.25) is 0 Å². The molecule has 0 atom stereocenters. The maximum atomic E-state index is 10.6. The first-order valence-electron chi connectivity index (χ1n) is 5.79. The smallest absolute Gasteiger partial charge is 0.328 e. The Kier molecular flexibility index (Phi) is 4.39. The van der Waals surface area contributed by atoms with Crippen molar-refractivity contribution in [1.29, 1.82) is 0 Å². The van der Waals surface area contributed by atoms with Gasteiger partial charge in [0.05, 0.1) is 13.3 Å². The van der Waals surface area contributed by atoms with E-state index in [2.05, 4.69) is 5.16 Å². The third kappa shape index (κ3) is 3.61. The summed E-state index contributed by atoms with van der Waals surface area (Å²) >= 11 is 0. The van der Waals surface area contributed by atoms with Crippen LogP contribution in [0.2, 0.25) is 0 Å². The van der Waals surface area contributed by atoms with Gasteiger partial charge in [-0.05, 0) is 18.2 Å². The van der Waals surface area contributed by atoms with Gasteiger partial charge in [-0.2, -0.15) is 0 Å². The maximum Gasteiger partial charge on any atom is 0.328 e. The molecule has 1 aromatic carbocycles. The molecule has 0 bridgehead atoms. The average Bonchev–Trinajstić information content (AvgIpc) is 2.96. The zero-order valence-corrected chi connectivity index (χ0v) is 10.8. The lowest BCUT2D eigenvalue weighted by atomic mass is 10.1. The standard InChI is InChI=1S/C14H13NO5/c1-18-12-4-2-11(3-5-14(16)17)13(6-12)19-8-10-7-15-20-9-10/h2-7,9H,8H2,1H3,(H,16,17). The number of aliphatic carboxylic acids is 1. The van der Waals surface area contributed by atoms with Gasteiger partial charge in [-0.15, -0.1) is 0 Å². The van der Waals surface area contributed by atoms with E-state index >= 15 is 0 Å². The largest absolute Gasteiger partial charge is 0.497 e. The van der Waals surface area contributed by atoms with Gasteiger partial charge in [0.1, 0.15) is 24.4 Å². The Balaban J connectivity index is 2.20. The van der Waals surface area contributed by atoms with Gasteiger partial charge in [-0.25, -0.2) is 4.79 Å². The first-order chi connectivity index (χ1) is 9.69. The Morgan fingerprint density at radius 3 is 3.00 bits per heavy atom. The Hall–Kier alpha value is -2.76. The van der Waals surface area contributed by atoms with Crippen molar-refractivity contribution in [3.8, 4) is 11.5 Å². The summed E-state index contributed by atoms with van der Waals surface area (Å²) in [5.74, 6) is 0.117. The molecule has 0 radical (unpaired) electrons. The van der Waals surface area contributed by atoms with E-state index in [9.17, 15) is 4.79 Å². The minimum atomic E-state index is -1.02. The minimum Gasteiger partial charge on any atom is -0.497 e. The van der Waals surface area contributed by atoms with Gasteiger partial charge in [0, 0.05) is 23.3 Å². The number of methoxy groups -OCH3 is 1. The fourth-order valence-electron chi connectivity index (χ4n) is 1.52. The normalized spacial score (nSPS) is 10.7. The quantitative estimate of drug-likeness (QED) is 0.815. The van der Waals surface area contributed by atoms with Crippen LogP contribution < -0.4 is 9.47 Å². The van der Waals surface area contributed by atoms with Crippen molar-refractivity contribution < 1.29 is 23.9 Å². The predicted octanol–water partition coefficient (Wildman–Crippen LogP) is 2.36. The van der Waals surface area contributed by atoms with Crippen LogP contribution in [0.15, 0.2) is 41.3 Å². The van der Waals surface area contributed by atoms with Crippen molar-refractivity contribution in [3.63, 3.8) is 0 Å². The summed E-state index contributed by atoms with van der Waals surface area (Å²) in [6.07, 6.45) is 5.54. The second-order valence-corrected chi connectivity index (χ2v) is 3.90. The van der Waals surface area contributed by atoms with Crippen molar-refractivity contribution in [3.05, 3.63) is 47.9 Å². The van der Waals surface area contributed by atoms with Crippen LogP contribution >= 0.6 is 0 Å². The van der Waals surface area contributed by atoms with Gasteiger partial charge in [-0.1, -0.05) is 5.16 Å². The second kappa shape index (κ2) is 6.42. The van der Waals surface area contributed by atoms with Gasteiger partial charge >= 0.3 is 5.97 Å². The fraction of sp³-hybridized carbons (Fsp3) is 0.143. The number of hydrogen-bond acceptors (Lipinski definition) is 5. The van der Waals surface area contributed by atoms with Gasteiger partial charge in [0.25, 0.3) is 0 Å². The highest BCUT2D eigenvalue weighted by Gasteiger charge is 2.05. The van der Waals surface area contributed by atoms with E-state index in [0.717, 1.165) is 11.6 Å². The second-order valence-electron chi connectivity index (χ2n) is 3.90. The van der Waals surface area contributed by atoms with Crippen molar-refractivity contribution in [1.82, 2.24) is 5.16 Å². The van der Waals surface area contributed by atoms with Crippen LogP contribution in [0.5, 0.6) is 11.5 Å². The number of nitrogens with zero attached hydrogens (tertiary/aromatic N) is 1. The molecule has 1 heterocycles. The fourth-order valence-corrected chi connectivity index (χ4v) is 1.52. The molecule has 0 saturated heterocycles. The molecule has 6 nitrogen and oxygen atoms in total. The zero-order chi connectivity index (χ0) is 14.4. The Bertz CT molecular complexity index is 604. The average molecular weight is 275 g/mol. The van der Waals surface area contributed by atoms with Crippen LogP contribution in [-0.2, 0) is 11.4 Å². The Labute approximate surface area is 115 Å². The molecule has 0 aliphatic carbocycles. The van der Waals surface area contributed by atoms with E-state index in [1.165, 1.54) is 12.3 Å². The summed E-state index contributed by atoms with van der Waals surface area (Å²) in [6, 6.07) is 5.14. The molecule has 0 amide bonds. The molecule has 104 valence electrons. The zero-order valence-electron chi connectivity index (χ0n) is 10.8. The summed E-state index contributed by atoms with van der Waals surface area (Å²) in [7, 11) is 1.55. The third-order valence-electron chi connectivity index (χ3n) is 2.50. The summed E-state index contributed by atoms with van der Waals surface area (Å²) in [6.45, 7) is 0.268. The van der Waals surface area contributed by atoms with Crippen molar-refractivity contribution in [2.45, 2.75) is 6.61 Å². The molecular formula is C14H13NO5. The summed E-state index contributed by atoms with van der Waals surface area (Å²) < 4.78 is 15.5. The number of ether oxygens (including phenoxy) is 2. The Morgan fingerprint density at radius 2 is 2.35 bits per heavy atom. The summed E-state index contributed by atoms with van der Waals surface area (Å²) in [4.78, 5) is 10.6. The molecule has 0 unspecified atom stereocenters. The van der Waals surface area contributed by atoms with Crippen LogP contribution in [-0.4, -0.2) is 23.3 Å². The molecule has 0 saturated carbocycles. The molecule has 2 aromatic rings. The van der Waals surface area contributed by atoms with E-state index in [0.29, 0.717) is 17.1 Å². The molecule has 1 N–H and O–H groups in total. The summed E-state index contributed by atoms with van der Waals surface area (Å²) in [5, 5.41) is 12.3. The van der Waals surface area contributed by atoms with Crippen LogP contribution in [0.3, 0.4) is 0 Å². The van der Waals surface area contributed by atoms with E-state index in [-0.39, 0.29) is 6.61 Å². The predicted molar refractivity (Wildman–Crippen MR) is 70.5 cm³/mol. The molecule has 0 spiro atoms. The monoisotopic (exact) mass is 275 g/mol. The summed E-state index contributed by atoms with van der Waals surface area (Å²) in [5.41, 5.74) is 1.42. The van der Waals surface area contributed by atoms with Gasteiger partial charge in [-0.3, -0.25) is 0 Å². The molecule has 1 aromatic heterocycles.